The first-order valence-electron chi connectivity index (χ1n) is 4.12. The van der Waals surface area contributed by atoms with Crippen LogP contribution in [-0.2, 0) is 4.79 Å². The second kappa shape index (κ2) is 7.03. The summed E-state index contributed by atoms with van der Waals surface area (Å²) in [7, 11) is 0. The normalized spacial score (nSPS) is 7.85. The number of amides is 1. The number of hydrogen-bond acceptors (Lipinski definition) is 2. The Kier molecular flexibility index (Phi) is 6.15. The number of benzene rings is 1. The minimum Gasteiger partial charge on any atom is -0.329 e. The zero-order valence-electron chi connectivity index (χ0n) is 7.78. The van der Waals surface area contributed by atoms with Crippen molar-refractivity contribution in [2.24, 2.45) is 0 Å². The van der Waals surface area contributed by atoms with E-state index < -0.39 is 0 Å². The molecule has 1 aromatic rings. The van der Waals surface area contributed by atoms with Crippen molar-refractivity contribution in [2.45, 2.75) is 13.8 Å². The van der Waals surface area contributed by atoms with Crippen LogP contribution < -0.4 is 5.32 Å². The zero-order chi connectivity index (χ0) is 10.1. The van der Waals surface area contributed by atoms with Crippen LogP contribution in [0.2, 0.25) is 0 Å². The molecule has 3 heteroatoms. The van der Waals surface area contributed by atoms with E-state index in [-0.39, 0.29) is 0 Å². The molecule has 0 heterocycles. The molecule has 1 N–H and O–H groups in total. The van der Waals surface area contributed by atoms with Gasteiger partial charge >= 0.3 is 0 Å². The molecule has 0 saturated heterocycles. The molecule has 0 radical (unpaired) electrons. The predicted molar refractivity (Wildman–Crippen MR) is 52.9 cm³/mol. The van der Waals surface area contributed by atoms with Crippen LogP contribution in [0.1, 0.15) is 24.2 Å². The van der Waals surface area contributed by atoms with E-state index in [0.717, 1.165) is 6.29 Å². The Morgan fingerprint density at radius 1 is 1.08 bits per heavy atom. The molecule has 0 aromatic heterocycles. The lowest BCUT2D eigenvalue weighted by atomic mass is 10.2. The van der Waals surface area contributed by atoms with Crippen LogP contribution in [0.15, 0.2) is 24.3 Å². The van der Waals surface area contributed by atoms with Crippen LogP contribution in [0.25, 0.3) is 0 Å². The minimum atomic E-state index is 0.593. The molecule has 70 valence electrons. The van der Waals surface area contributed by atoms with Crippen molar-refractivity contribution in [3.8, 4) is 0 Å². The number of rotatable bonds is 3. The third kappa shape index (κ3) is 4.06. The van der Waals surface area contributed by atoms with Gasteiger partial charge in [0.05, 0.1) is 0 Å². The average molecular weight is 179 g/mol. The molecule has 0 bridgehead atoms. The van der Waals surface area contributed by atoms with E-state index >= 15 is 0 Å². The number of nitrogens with one attached hydrogen (secondary N) is 1. The maximum absolute atomic E-state index is 10.2. The molecule has 1 rings (SSSR count). The Morgan fingerprint density at radius 3 is 2.00 bits per heavy atom. The second-order valence-corrected chi connectivity index (χ2v) is 2.00. The highest BCUT2D eigenvalue weighted by atomic mass is 16.1. The van der Waals surface area contributed by atoms with Crippen molar-refractivity contribution < 1.29 is 9.59 Å². The fourth-order valence-electron chi connectivity index (χ4n) is 0.726. The van der Waals surface area contributed by atoms with Crippen molar-refractivity contribution in [2.75, 3.05) is 5.32 Å². The van der Waals surface area contributed by atoms with Gasteiger partial charge in [-0.05, 0) is 24.3 Å². The van der Waals surface area contributed by atoms with Gasteiger partial charge in [0.15, 0.2) is 0 Å². The Hall–Kier alpha value is -1.64. The standard InChI is InChI=1S/C8H7NO2.C2H6/c10-5-7-1-3-8(4-2-7)9-6-11;1-2/h1-6H,(H,9,11);1-2H3. The Bertz CT molecular complexity index is 254. The second-order valence-electron chi connectivity index (χ2n) is 2.00. The number of aldehydes is 1. The lowest BCUT2D eigenvalue weighted by Gasteiger charge is -1.96. The van der Waals surface area contributed by atoms with Gasteiger partial charge in [-0.2, -0.15) is 0 Å². The van der Waals surface area contributed by atoms with Gasteiger partial charge in [-0.25, -0.2) is 0 Å². The van der Waals surface area contributed by atoms with Gasteiger partial charge in [0.1, 0.15) is 6.29 Å². The number of carbonyl (C=O) groups is 2. The number of carbonyl (C=O) groups excluding carboxylic acids is 2. The van der Waals surface area contributed by atoms with E-state index in [2.05, 4.69) is 5.32 Å². The maximum atomic E-state index is 10.2. The van der Waals surface area contributed by atoms with Crippen LogP contribution in [0, 0.1) is 0 Å². The number of anilines is 1. The van der Waals surface area contributed by atoms with Crippen LogP contribution in [0.3, 0.4) is 0 Å². The molecule has 0 saturated carbocycles. The SMILES string of the molecule is CC.O=CNc1ccc(C=O)cc1. The van der Waals surface area contributed by atoms with Gasteiger partial charge in [0.25, 0.3) is 0 Å². The summed E-state index contributed by atoms with van der Waals surface area (Å²) in [5, 5.41) is 2.46. The molecule has 0 spiro atoms. The van der Waals surface area contributed by atoms with Gasteiger partial charge in [-0.3, -0.25) is 9.59 Å². The summed E-state index contributed by atoms with van der Waals surface area (Å²) < 4.78 is 0. The summed E-state index contributed by atoms with van der Waals surface area (Å²) in [5.41, 5.74) is 1.28. The lowest BCUT2D eigenvalue weighted by Crippen LogP contribution is -1.92. The van der Waals surface area contributed by atoms with Gasteiger partial charge in [0, 0.05) is 11.3 Å². The highest BCUT2D eigenvalue weighted by Crippen LogP contribution is 2.06. The Balaban J connectivity index is 0.000000671. The van der Waals surface area contributed by atoms with Gasteiger partial charge in [-0.1, -0.05) is 13.8 Å². The first-order valence-corrected chi connectivity index (χ1v) is 4.12. The van der Waals surface area contributed by atoms with E-state index in [9.17, 15) is 9.59 Å². The smallest absolute Gasteiger partial charge is 0.211 e. The largest absolute Gasteiger partial charge is 0.329 e. The fourth-order valence-corrected chi connectivity index (χ4v) is 0.726. The van der Waals surface area contributed by atoms with Gasteiger partial charge < -0.3 is 5.32 Å². The number of hydrogen-bond donors (Lipinski definition) is 1. The third-order valence-electron chi connectivity index (χ3n) is 1.27. The summed E-state index contributed by atoms with van der Waals surface area (Å²) in [6.45, 7) is 4.00. The van der Waals surface area contributed by atoms with E-state index in [1.54, 1.807) is 24.3 Å². The van der Waals surface area contributed by atoms with Gasteiger partial charge in [0.2, 0.25) is 6.41 Å². The molecule has 13 heavy (non-hydrogen) atoms. The van der Waals surface area contributed by atoms with Crippen LogP contribution in [0.4, 0.5) is 5.69 Å². The average Bonchev–Trinajstić information content (AvgIpc) is 2.23. The minimum absolute atomic E-state index is 0.593. The Morgan fingerprint density at radius 2 is 1.62 bits per heavy atom. The molecule has 0 aliphatic rings. The zero-order valence-corrected chi connectivity index (χ0v) is 7.78. The van der Waals surface area contributed by atoms with Crippen molar-refractivity contribution in [1.29, 1.82) is 0 Å². The van der Waals surface area contributed by atoms with Crippen molar-refractivity contribution >= 4 is 18.4 Å². The topological polar surface area (TPSA) is 46.2 Å². The predicted octanol–water partition coefficient (Wildman–Crippen LogP) is 2.09. The molecular formula is C10H13NO2. The molecule has 0 fully saturated rings. The lowest BCUT2D eigenvalue weighted by molar-refractivity contribution is -0.105. The molecule has 0 aliphatic carbocycles. The van der Waals surface area contributed by atoms with Crippen LogP contribution in [-0.4, -0.2) is 12.7 Å². The molecule has 0 atom stereocenters. The summed E-state index contributed by atoms with van der Waals surface area (Å²) in [5.74, 6) is 0. The maximum Gasteiger partial charge on any atom is 0.211 e. The van der Waals surface area contributed by atoms with Crippen LogP contribution in [0.5, 0.6) is 0 Å². The van der Waals surface area contributed by atoms with Crippen LogP contribution >= 0.6 is 0 Å². The molecule has 0 unspecified atom stereocenters. The van der Waals surface area contributed by atoms with Gasteiger partial charge in [-0.15, -0.1) is 0 Å². The third-order valence-corrected chi connectivity index (χ3v) is 1.27. The molecule has 0 aliphatic heterocycles. The summed E-state index contributed by atoms with van der Waals surface area (Å²) in [6, 6.07) is 6.61. The van der Waals surface area contributed by atoms with Crippen molar-refractivity contribution in [3.05, 3.63) is 29.8 Å². The highest BCUT2D eigenvalue weighted by Gasteiger charge is 1.89. The molecule has 1 amide bonds. The monoisotopic (exact) mass is 179 g/mol. The first-order chi connectivity index (χ1) is 6.36. The first kappa shape index (κ1) is 11.4. The van der Waals surface area contributed by atoms with E-state index in [1.807, 2.05) is 13.8 Å². The molecule has 3 nitrogen and oxygen atoms in total. The summed E-state index contributed by atoms with van der Waals surface area (Å²) in [4.78, 5) is 20.1. The highest BCUT2D eigenvalue weighted by molar-refractivity contribution is 5.77. The van der Waals surface area contributed by atoms with Crippen molar-refractivity contribution in [1.82, 2.24) is 0 Å². The summed E-state index contributed by atoms with van der Waals surface area (Å²) >= 11 is 0. The quantitative estimate of drug-likeness (QED) is 0.722. The molecule has 1 aromatic carbocycles. The fraction of sp³-hybridized carbons (Fsp3) is 0.200. The molecular weight excluding hydrogens is 166 g/mol. The Labute approximate surface area is 77.8 Å². The van der Waals surface area contributed by atoms with E-state index in [0.29, 0.717) is 17.7 Å². The van der Waals surface area contributed by atoms with E-state index in [1.165, 1.54) is 0 Å². The summed E-state index contributed by atoms with van der Waals surface area (Å²) in [6.07, 6.45) is 1.35. The van der Waals surface area contributed by atoms with E-state index in [4.69, 9.17) is 0 Å². The van der Waals surface area contributed by atoms with Crippen molar-refractivity contribution in [3.63, 3.8) is 0 Å².